The number of fused-ring (bicyclic) bond motifs is 1. The third-order valence-corrected chi connectivity index (χ3v) is 6.82. The Balaban J connectivity index is 1.67. The molecule has 0 radical (unpaired) electrons. The quantitative estimate of drug-likeness (QED) is 0.604. The van der Waals surface area contributed by atoms with Gasteiger partial charge in [-0.15, -0.1) is 11.3 Å². The van der Waals surface area contributed by atoms with Crippen molar-refractivity contribution in [1.29, 1.82) is 0 Å². The van der Waals surface area contributed by atoms with Crippen molar-refractivity contribution in [3.8, 4) is 0 Å². The average Bonchev–Trinajstić information content (AvgIpc) is 2.95. The number of nitrogens with zero attached hydrogens (tertiary/aromatic N) is 1. The molecule has 1 aromatic heterocycles. The van der Waals surface area contributed by atoms with Crippen molar-refractivity contribution >= 4 is 66.5 Å². The number of carbonyl (C=O) groups is 1. The van der Waals surface area contributed by atoms with Crippen LogP contribution in [0.25, 0.3) is 10.2 Å². The van der Waals surface area contributed by atoms with E-state index in [-0.39, 0.29) is 16.1 Å². The molecule has 0 aliphatic heterocycles. The van der Waals surface area contributed by atoms with Gasteiger partial charge in [0.25, 0.3) is 0 Å². The van der Waals surface area contributed by atoms with Crippen LogP contribution in [-0.4, -0.2) is 24.6 Å². The maximum atomic E-state index is 12.3. The van der Waals surface area contributed by atoms with E-state index in [1.165, 1.54) is 47.4 Å². The molecular formula is C16H14ClN3O3S3. The van der Waals surface area contributed by atoms with E-state index < -0.39 is 10.0 Å². The smallest absolute Gasteiger partial charge is 0.238 e. The number of hydrogen-bond donors (Lipinski definition) is 2. The number of nitrogens with two attached hydrogens (primary N) is 1. The monoisotopic (exact) mass is 427 g/mol. The van der Waals surface area contributed by atoms with Gasteiger partial charge in [-0.1, -0.05) is 23.4 Å². The van der Waals surface area contributed by atoms with Gasteiger partial charge in [0.1, 0.15) is 0 Å². The summed E-state index contributed by atoms with van der Waals surface area (Å²) in [5.41, 5.74) is 1.29. The van der Waals surface area contributed by atoms with Crippen LogP contribution in [0.4, 0.5) is 5.69 Å². The highest BCUT2D eigenvalue weighted by Crippen LogP contribution is 2.33. The van der Waals surface area contributed by atoms with Crippen molar-refractivity contribution in [3.63, 3.8) is 0 Å². The zero-order valence-corrected chi connectivity index (χ0v) is 16.7. The van der Waals surface area contributed by atoms with Crippen LogP contribution in [0.15, 0.2) is 51.7 Å². The largest absolute Gasteiger partial charge is 0.325 e. The van der Waals surface area contributed by atoms with E-state index >= 15 is 0 Å². The summed E-state index contributed by atoms with van der Waals surface area (Å²) in [5.74, 6) is -0.212. The Kier molecular flexibility index (Phi) is 5.54. The summed E-state index contributed by atoms with van der Waals surface area (Å²) >= 11 is 8.80. The molecule has 1 atom stereocenters. The fourth-order valence-electron chi connectivity index (χ4n) is 2.11. The summed E-state index contributed by atoms with van der Waals surface area (Å²) in [5, 5.41) is 8.03. The third kappa shape index (κ3) is 4.54. The van der Waals surface area contributed by atoms with E-state index in [1.54, 1.807) is 19.1 Å². The number of sulfonamides is 1. The molecule has 136 valence electrons. The Labute approximate surface area is 163 Å². The molecule has 1 heterocycles. The Morgan fingerprint density at radius 1 is 1.27 bits per heavy atom. The minimum Gasteiger partial charge on any atom is -0.325 e. The highest BCUT2D eigenvalue weighted by atomic mass is 35.5. The summed E-state index contributed by atoms with van der Waals surface area (Å²) in [6, 6.07) is 11.2. The minimum absolute atomic E-state index is 0.00828. The average molecular weight is 428 g/mol. The lowest BCUT2D eigenvalue weighted by Crippen LogP contribution is -2.22. The van der Waals surface area contributed by atoms with E-state index in [0.717, 1.165) is 14.6 Å². The van der Waals surface area contributed by atoms with Crippen LogP contribution >= 0.6 is 34.7 Å². The first-order chi connectivity index (χ1) is 12.2. The van der Waals surface area contributed by atoms with Crippen molar-refractivity contribution in [2.45, 2.75) is 21.4 Å². The highest BCUT2D eigenvalue weighted by molar-refractivity contribution is 8.02. The zero-order chi connectivity index (χ0) is 18.9. The molecule has 0 spiro atoms. The first kappa shape index (κ1) is 19.1. The van der Waals surface area contributed by atoms with Crippen LogP contribution in [0.2, 0.25) is 5.02 Å². The predicted octanol–water partition coefficient (Wildman–Crippen LogP) is 3.72. The molecule has 0 aliphatic rings. The number of rotatable bonds is 5. The van der Waals surface area contributed by atoms with Gasteiger partial charge in [0.05, 0.1) is 20.4 Å². The molecule has 6 nitrogen and oxygen atoms in total. The van der Waals surface area contributed by atoms with Crippen LogP contribution in [0.1, 0.15) is 6.92 Å². The molecule has 0 aliphatic carbocycles. The summed E-state index contributed by atoms with van der Waals surface area (Å²) < 4.78 is 24.3. The molecule has 1 unspecified atom stereocenters. The number of benzene rings is 2. The summed E-state index contributed by atoms with van der Waals surface area (Å²) in [6.45, 7) is 1.78. The third-order valence-electron chi connectivity index (χ3n) is 3.43. The molecule has 3 aromatic rings. The van der Waals surface area contributed by atoms with Crippen LogP contribution in [0.3, 0.4) is 0 Å². The van der Waals surface area contributed by atoms with Crippen LogP contribution in [0, 0.1) is 0 Å². The molecule has 0 fully saturated rings. The molecule has 2 aromatic carbocycles. The van der Waals surface area contributed by atoms with Gasteiger partial charge in [0.2, 0.25) is 15.9 Å². The van der Waals surface area contributed by atoms with E-state index in [1.807, 2.05) is 6.07 Å². The number of hydrogen-bond acceptors (Lipinski definition) is 6. The van der Waals surface area contributed by atoms with Crippen LogP contribution in [0.5, 0.6) is 0 Å². The highest BCUT2D eigenvalue weighted by Gasteiger charge is 2.17. The lowest BCUT2D eigenvalue weighted by molar-refractivity contribution is -0.115. The van der Waals surface area contributed by atoms with Gasteiger partial charge in [0.15, 0.2) is 4.34 Å². The van der Waals surface area contributed by atoms with Crippen molar-refractivity contribution < 1.29 is 13.2 Å². The summed E-state index contributed by atoms with van der Waals surface area (Å²) in [4.78, 5) is 16.8. The van der Waals surface area contributed by atoms with Crippen LogP contribution in [-0.2, 0) is 14.8 Å². The molecule has 10 heteroatoms. The van der Waals surface area contributed by atoms with Crippen molar-refractivity contribution in [2.75, 3.05) is 5.32 Å². The molecule has 0 saturated carbocycles. The topological polar surface area (TPSA) is 102 Å². The maximum Gasteiger partial charge on any atom is 0.238 e. The Morgan fingerprint density at radius 2 is 1.96 bits per heavy atom. The molecule has 1 amide bonds. The molecule has 0 saturated heterocycles. The van der Waals surface area contributed by atoms with E-state index in [4.69, 9.17) is 16.7 Å². The lowest BCUT2D eigenvalue weighted by atomic mass is 10.3. The normalized spacial score (nSPS) is 12.9. The van der Waals surface area contributed by atoms with Gasteiger partial charge >= 0.3 is 0 Å². The van der Waals surface area contributed by atoms with E-state index in [2.05, 4.69) is 10.3 Å². The Bertz CT molecular complexity index is 1070. The lowest BCUT2D eigenvalue weighted by Gasteiger charge is -2.10. The second-order valence-corrected chi connectivity index (χ2v) is 10.0. The van der Waals surface area contributed by atoms with Crippen molar-refractivity contribution in [3.05, 3.63) is 47.5 Å². The van der Waals surface area contributed by atoms with E-state index in [9.17, 15) is 13.2 Å². The predicted molar refractivity (Wildman–Crippen MR) is 106 cm³/mol. The van der Waals surface area contributed by atoms with E-state index in [0.29, 0.717) is 10.7 Å². The van der Waals surface area contributed by atoms with Gasteiger partial charge < -0.3 is 5.32 Å². The maximum absolute atomic E-state index is 12.3. The van der Waals surface area contributed by atoms with Gasteiger partial charge in [-0.25, -0.2) is 18.5 Å². The van der Waals surface area contributed by atoms with Crippen molar-refractivity contribution in [1.82, 2.24) is 4.98 Å². The second-order valence-electron chi connectivity index (χ2n) is 5.41. The number of carbonyl (C=O) groups excluding carboxylic acids is 1. The SMILES string of the molecule is CC(Sc1nc2cc(Cl)ccc2s1)C(=O)Nc1ccc(S(N)(=O)=O)cc1. The number of thioether (sulfide) groups is 1. The van der Waals surface area contributed by atoms with Crippen LogP contribution < -0.4 is 10.5 Å². The molecule has 3 rings (SSSR count). The first-order valence-corrected chi connectivity index (χ1v) is 11.0. The number of primary sulfonamides is 1. The first-order valence-electron chi connectivity index (χ1n) is 7.39. The number of aromatic nitrogens is 1. The second kappa shape index (κ2) is 7.53. The van der Waals surface area contributed by atoms with Gasteiger partial charge in [-0.2, -0.15) is 0 Å². The number of nitrogens with one attached hydrogen (secondary N) is 1. The molecule has 3 N–H and O–H groups in total. The van der Waals surface area contributed by atoms with Gasteiger partial charge in [-0.05, 0) is 49.4 Å². The number of anilines is 1. The molecule has 26 heavy (non-hydrogen) atoms. The zero-order valence-electron chi connectivity index (χ0n) is 13.5. The number of thiazole rings is 1. The minimum atomic E-state index is -3.75. The Hall–Kier alpha value is -1.65. The fraction of sp³-hybridized carbons (Fsp3) is 0.125. The van der Waals surface area contributed by atoms with Crippen molar-refractivity contribution in [2.24, 2.45) is 5.14 Å². The van der Waals surface area contributed by atoms with Gasteiger partial charge in [0, 0.05) is 10.7 Å². The molecular weight excluding hydrogens is 414 g/mol. The summed E-state index contributed by atoms with van der Waals surface area (Å²) in [6.07, 6.45) is 0. The fourth-order valence-corrected chi connectivity index (χ4v) is 4.98. The number of amides is 1. The summed E-state index contributed by atoms with van der Waals surface area (Å²) in [7, 11) is -3.75. The molecule has 0 bridgehead atoms. The standard InChI is InChI=1S/C16H14ClN3O3S3/c1-9(24-16-20-13-8-10(17)2-7-14(13)25-16)15(21)19-11-3-5-12(6-4-11)26(18,22)23/h2-9H,1H3,(H,19,21)(H2,18,22,23). The van der Waals surface area contributed by atoms with Gasteiger partial charge in [-0.3, -0.25) is 4.79 Å². The Morgan fingerprint density at radius 3 is 2.62 bits per heavy atom. The number of halogens is 1.